The molecule has 0 spiro atoms. The maximum Gasteiger partial charge on any atom is 0.133 e. The van der Waals surface area contributed by atoms with Crippen molar-refractivity contribution in [2.45, 2.75) is 43.9 Å². The second kappa shape index (κ2) is 4.36. The highest BCUT2D eigenvalue weighted by Gasteiger charge is 2.43. The van der Waals surface area contributed by atoms with Crippen molar-refractivity contribution in [2.75, 3.05) is 0 Å². The average molecular weight is 237 g/mol. The quantitative estimate of drug-likeness (QED) is 0.753. The summed E-state index contributed by atoms with van der Waals surface area (Å²) in [7, 11) is 0. The van der Waals surface area contributed by atoms with Crippen molar-refractivity contribution in [3.8, 4) is 6.07 Å². The first kappa shape index (κ1) is 11.9. The molecule has 17 heavy (non-hydrogen) atoms. The molecule has 3 unspecified atom stereocenters. The zero-order chi connectivity index (χ0) is 12.5. The number of rotatable bonds is 1. The second-order valence-electron chi connectivity index (χ2n) is 4.49. The van der Waals surface area contributed by atoms with Gasteiger partial charge in [0.05, 0.1) is 11.5 Å². The molecule has 0 aliphatic heterocycles. The summed E-state index contributed by atoms with van der Waals surface area (Å²) in [6.45, 7) is 1.74. The van der Waals surface area contributed by atoms with Gasteiger partial charge >= 0.3 is 0 Å². The molecule has 0 aromatic carbocycles. The minimum Gasteiger partial charge on any atom is -0.244 e. The predicted octanol–water partition coefficient (Wildman–Crippen LogP) is 2.41. The van der Waals surface area contributed by atoms with Crippen LogP contribution in [-0.2, 0) is 5.41 Å². The molecular formula is C12H13F2N3. The normalized spacial score (nSPS) is 33.1. The van der Waals surface area contributed by atoms with Gasteiger partial charge < -0.3 is 0 Å². The van der Waals surface area contributed by atoms with Gasteiger partial charge in [-0.15, -0.1) is 0 Å². The van der Waals surface area contributed by atoms with E-state index in [1.807, 2.05) is 0 Å². The lowest BCUT2D eigenvalue weighted by molar-refractivity contribution is 0.0905. The van der Waals surface area contributed by atoms with E-state index < -0.39 is 17.8 Å². The zero-order valence-electron chi connectivity index (χ0n) is 9.53. The molecular weight excluding hydrogens is 224 g/mol. The summed E-state index contributed by atoms with van der Waals surface area (Å²) in [6.07, 6.45) is 0.317. The van der Waals surface area contributed by atoms with Gasteiger partial charge in [-0.1, -0.05) is 0 Å². The molecule has 2 rings (SSSR count). The van der Waals surface area contributed by atoms with E-state index >= 15 is 0 Å². The molecule has 1 aliphatic rings. The number of nitriles is 1. The van der Waals surface area contributed by atoms with Crippen molar-refractivity contribution in [3.05, 3.63) is 23.8 Å². The highest BCUT2D eigenvalue weighted by atomic mass is 19.2. The number of halogens is 2. The van der Waals surface area contributed by atoms with Gasteiger partial charge in [-0.3, -0.25) is 0 Å². The summed E-state index contributed by atoms with van der Waals surface area (Å²) >= 11 is 0. The lowest BCUT2D eigenvalue weighted by atomic mass is 9.70. The number of alkyl halides is 2. The number of hydrogen-bond acceptors (Lipinski definition) is 3. The molecule has 90 valence electrons. The van der Waals surface area contributed by atoms with Crippen molar-refractivity contribution >= 4 is 0 Å². The van der Waals surface area contributed by atoms with Crippen LogP contribution in [0.2, 0.25) is 0 Å². The Hall–Kier alpha value is -1.57. The standard InChI is InChI=1S/C12H13F2N3/c1-8-16-5-9(6-17-8)12(7-15)3-2-10(13)11(14)4-12/h5-6,10-11H,2-4H2,1H3. The maximum absolute atomic E-state index is 13.5. The predicted molar refractivity (Wildman–Crippen MR) is 57.7 cm³/mol. The Balaban J connectivity index is 2.33. The zero-order valence-corrected chi connectivity index (χ0v) is 9.53. The summed E-state index contributed by atoms with van der Waals surface area (Å²) in [6, 6.07) is 2.12. The van der Waals surface area contributed by atoms with Crippen LogP contribution < -0.4 is 0 Å². The minimum absolute atomic E-state index is 0.0720. The molecule has 0 amide bonds. The molecule has 1 aromatic heterocycles. The van der Waals surface area contributed by atoms with Crippen LogP contribution in [0, 0.1) is 18.3 Å². The fraction of sp³-hybridized carbons (Fsp3) is 0.583. The third-order valence-electron chi connectivity index (χ3n) is 3.33. The fourth-order valence-corrected chi connectivity index (χ4v) is 2.20. The first-order valence-electron chi connectivity index (χ1n) is 5.56. The van der Waals surface area contributed by atoms with Crippen molar-refractivity contribution in [1.82, 2.24) is 9.97 Å². The number of aryl methyl sites for hydroxylation is 1. The Kier molecular flexibility index (Phi) is 3.05. The Labute approximate surface area is 98.5 Å². The molecule has 1 aliphatic carbocycles. The van der Waals surface area contributed by atoms with Gasteiger partial charge in [0, 0.05) is 24.4 Å². The van der Waals surface area contributed by atoms with Gasteiger partial charge in [0.15, 0.2) is 0 Å². The summed E-state index contributed by atoms with van der Waals surface area (Å²) in [5, 5.41) is 9.27. The van der Waals surface area contributed by atoms with E-state index in [1.165, 1.54) is 12.4 Å². The van der Waals surface area contributed by atoms with Crippen LogP contribution in [0.5, 0.6) is 0 Å². The molecule has 1 saturated carbocycles. The van der Waals surface area contributed by atoms with Crippen LogP contribution in [0.1, 0.15) is 30.7 Å². The van der Waals surface area contributed by atoms with Crippen molar-refractivity contribution in [2.24, 2.45) is 0 Å². The smallest absolute Gasteiger partial charge is 0.133 e. The van der Waals surface area contributed by atoms with Crippen molar-refractivity contribution < 1.29 is 8.78 Å². The molecule has 0 radical (unpaired) electrons. The number of nitrogens with zero attached hydrogens (tertiary/aromatic N) is 3. The van der Waals surface area contributed by atoms with Gasteiger partial charge in [-0.05, 0) is 19.8 Å². The Morgan fingerprint density at radius 2 is 2.00 bits per heavy atom. The van der Waals surface area contributed by atoms with Crippen molar-refractivity contribution in [1.29, 1.82) is 5.26 Å². The SMILES string of the molecule is Cc1ncc(C2(C#N)CCC(F)C(F)C2)cn1. The van der Waals surface area contributed by atoms with Crippen LogP contribution in [0.15, 0.2) is 12.4 Å². The molecule has 1 aromatic rings. The van der Waals surface area contributed by atoms with Crippen molar-refractivity contribution in [3.63, 3.8) is 0 Å². The summed E-state index contributed by atoms with van der Waals surface area (Å²) in [4.78, 5) is 8.03. The molecule has 0 saturated heterocycles. The van der Waals surface area contributed by atoms with Gasteiger partial charge in [0.25, 0.3) is 0 Å². The van der Waals surface area contributed by atoms with Crippen LogP contribution >= 0.6 is 0 Å². The van der Waals surface area contributed by atoms with Crippen LogP contribution in [-0.4, -0.2) is 22.3 Å². The largest absolute Gasteiger partial charge is 0.244 e. The minimum atomic E-state index is -1.58. The van der Waals surface area contributed by atoms with Gasteiger partial charge in [-0.2, -0.15) is 5.26 Å². The molecule has 0 N–H and O–H groups in total. The molecule has 0 bridgehead atoms. The van der Waals surface area contributed by atoms with Gasteiger partial charge in [0.2, 0.25) is 0 Å². The average Bonchev–Trinajstić information content (AvgIpc) is 2.34. The number of aromatic nitrogens is 2. The molecule has 3 nitrogen and oxygen atoms in total. The highest BCUT2D eigenvalue weighted by molar-refractivity contribution is 5.30. The van der Waals surface area contributed by atoms with Gasteiger partial charge in [0.1, 0.15) is 18.2 Å². The van der Waals surface area contributed by atoms with E-state index in [-0.39, 0.29) is 12.8 Å². The van der Waals surface area contributed by atoms with Gasteiger partial charge in [-0.25, -0.2) is 18.7 Å². The first-order chi connectivity index (χ1) is 8.07. The summed E-state index contributed by atoms with van der Waals surface area (Å²) in [5.74, 6) is 0.595. The summed E-state index contributed by atoms with van der Waals surface area (Å²) < 4.78 is 26.6. The van der Waals surface area contributed by atoms with E-state index in [9.17, 15) is 14.0 Å². The third kappa shape index (κ3) is 2.12. The Morgan fingerprint density at radius 1 is 1.35 bits per heavy atom. The monoisotopic (exact) mass is 237 g/mol. The topological polar surface area (TPSA) is 49.6 Å². The van der Waals surface area contributed by atoms with E-state index in [0.717, 1.165) is 0 Å². The molecule has 1 fully saturated rings. The molecule has 1 heterocycles. The lowest BCUT2D eigenvalue weighted by Crippen LogP contribution is -2.38. The lowest BCUT2D eigenvalue weighted by Gasteiger charge is -2.34. The summed E-state index contributed by atoms with van der Waals surface area (Å²) in [5.41, 5.74) is -0.393. The van der Waals surface area contributed by atoms with E-state index in [2.05, 4.69) is 16.0 Å². The highest BCUT2D eigenvalue weighted by Crippen LogP contribution is 2.40. The Morgan fingerprint density at radius 3 is 2.53 bits per heavy atom. The van der Waals surface area contributed by atoms with Crippen LogP contribution in [0.3, 0.4) is 0 Å². The number of hydrogen-bond donors (Lipinski definition) is 0. The van der Waals surface area contributed by atoms with E-state index in [4.69, 9.17) is 0 Å². The maximum atomic E-state index is 13.5. The van der Waals surface area contributed by atoms with Crippen LogP contribution in [0.4, 0.5) is 8.78 Å². The second-order valence-corrected chi connectivity index (χ2v) is 4.49. The Bertz CT molecular complexity index is 440. The van der Waals surface area contributed by atoms with E-state index in [1.54, 1.807) is 6.92 Å². The van der Waals surface area contributed by atoms with E-state index in [0.29, 0.717) is 17.8 Å². The molecule has 5 heteroatoms. The fourth-order valence-electron chi connectivity index (χ4n) is 2.20. The van der Waals surface area contributed by atoms with Crippen LogP contribution in [0.25, 0.3) is 0 Å². The molecule has 3 atom stereocenters. The third-order valence-corrected chi connectivity index (χ3v) is 3.33. The first-order valence-corrected chi connectivity index (χ1v) is 5.56.